The second-order valence-corrected chi connectivity index (χ2v) is 5.76. The van der Waals surface area contributed by atoms with Crippen molar-refractivity contribution >= 4 is 22.3 Å². The van der Waals surface area contributed by atoms with Crippen molar-refractivity contribution in [3.05, 3.63) is 60.3 Å². The number of ether oxygens (including phenoxy) is 1. The van der Waals surface area contributed by atoms with E-state index in [4.69, 9.17) is 4.74 Å². The molecule has 0 atom stereocenters. The lowest BCUT2D eigenvalue weighted by Crippen LogP contribution is -1.93. The van der Waals surface area contributed by atoms with Crippen LogP contribution in [0.3, 0.4) is 0 Å². The first-order chi connectivity index (χ1) is 10.8. The van der Waals surface area contributed by atoms with Gasteiger partial charge in [0, 0.05) is 23.0 Å². The highest BCUT2D eigenvalue weighted by molar-refractivity contribution is 5.93. The summed E-state index contributed by atoms with van der Waals surface area (Å²) in [5, 5.41) is 4.55. The van der Waals surface area contributed by atoms with Crippen molar-refractivity contribution in [2.45, 2.75) is 18.8 Å². The zero-order valence-corrected chi connectivity index (χ0v) is 12.5. The summed E-state index contributed by atoms with van der Waals surface area (Å²) >= 11 is 0. The molecule has 0 amide bonds. The molecule has 4 rings (SSSR count). The molecule has 3 heteroatoms. The van der Waals surface area contributed by atoms with Gasteiger partial charge in [-0.2, -0.15) is 0 Å². The second-order valence-electron chi connectivity index (χ2n) is 5.76. The largest absolute Gasteiger partial charge is 0.497 e. The van der Waals surface area contributed by atoms with Crippen molar-refractivity contribution in [1.82, 2.24) is 4.98 Å². The van der Waals surface area contributed by atoms with Crippen molar-refractivity contribution in [1.29, 1.82) is 0 Å². The number of nitrogens with zero attached hydrogens (tertiary/aromatic N) is 1. The van der Waals surface area contributed by atoms with Crippen LogP contribution in [0.1, 0.15) is 24.3 Å². The molecule has 0 spiro atoms. The Kier molecular flexibility index (Phi) is 3.19. The summed E-state index contributed by atoms with van der Waals surface area (Å²) in [7, 11) is 1.68. The van der Waals surface area contributed by atoms with Gasteiger partial charge in [-0.15, -0.1) is 0 Å². The molecule has 1 saturated carbocycles. The third kappa shape index (κ3) is 2.50. The lowest BCUT2D eigenvalue weighted by atomic mass is 10.1. The van der Waals surface area contributed by atoms with E-state index in [2.05, 4.69) is 34.6 Å². The maximum absolute atomic E-state index is 5.32. The molecule has 110 valence electrons. The summed E-state index contributed by atoms with van der Waals surface area (Å²) in [6, 6.07) is 16.7. The zero-order valence-electron chi connectivity index (χ0n) is 12.5. The van der Waals surface area contributed by atoms with E-state index in [1.807, 2.05) is 30.5 Å². The monoisotopic (exact) mass is 290 g/mol. The van der Waals surface area contributed by atoms with Gasteiger partial charge in [0.25, 0.3) is 0 Å². The van der Waals surface area contributed by atoms with Crippen LogP contribution in [-0.4, -0.2) is 12.1 Å². The Balaban J connectivity index is 1.67. The average Bonchev–Trinajstić information content (AvgIpc) is 3.40. The first-order valence-corrected chi connectivity index (χ1v) is 7.63. The first kappa shape index (κ1) is 13.1. The molecule has 0 unspecified atom stereocenters. The van der Waals surface area contributed by atoms with E-state index in [0.29, 0.717) is 0 Å². The standard InChI is InChI=1S/C19H18N2O/c1-22-16-8-9-18-17(12-16)19(10-11-20-18)21-15-6-4-14(5-7-15)13-2-3-13/h4-13H,2-3H2,1H3,(H,20,21). The summed E-state index contributed by atoms with van der Waals surface area (Å²) in [6.45, 7) is 0. The van der Waals surface area contributed by atoms with Crippen molar-refractivity contribution in [3.63, 3.8) is 0 Å². The molecule has 1 aromatic heterocycles. The lowest BCUT2D eigenvalue weighted by Gasteiger charge is -2.11. The number of hydrogen-bond acceptors (Lipinski definition) is 3. The minimum absolute atomic E-state index is 0.792. The van der Waals surface area contributed by atoms with Crippen molar-refractivity contribution in [2.24, 2.45) is 0 Å². The Morgan fingerprint density at radius 1 is 1.05 bits per heavy atom. The highest BCUT2D eigenvalue weighted by atomic mass is 16.5. The molecule has 0 saturated heterocycles. The third-order valence-corrected chi connectivity index (χ3v) is 4.19. The molecule has 1 aliphatic carbocycles. The molecule has 0 radical (unpaired) electrons. The first-order valence-electron chi connectivity index (χ1n) is 7.63. The highest BCUT2D eigenvalue weighted by Crippen LogP contribution is 2.40. The fourth-order valence-corrected chi connectivity index (χ4v) is 2.77. The summed E-state index contributed by atoms with van der Waals surface area (Å²) < 4.78 is 5.32. The van der Waals surface area contributed by atoms with Crippen LogP contribution < -0.4 is 10.1 Å². The van der Waals surface area contributed by atoms with Crippen LogP contribution in [0.25, 0.3) is 10.9 Å². The number of fused-ring (bicyclic) bond motifs is 1. The van der Waals surface area contributed by atoms with Gasteiger partial charge in [0.1, 0.15) is 5.75 Å². The molecule has 0 aliphatic heterocycles. The predicted octanol–water partition coefficient (Wildman–Crippen LogP) is 4.86. The van der Waals surface area contributed by atoms with Crippen molar-refractivity contribution in [2.75, 3.05) is 12.4 Å². The van der Waals surface area contributed by atoms with E-state index in [9.17, 15) is 0 Å². The molecule has 1 fully saturated rings. The van der Waals surface area contributed by atoms with E-state index in [0.717, 1.165) is 33.9 Å². The summed E-state index contributed by atoms with van der Waals surface area (Å²) in [5.74, 6) is 1.63. The normalized spacial score (nSPS) is 14.0. The molecule has 0 bridgehead atoms. The second kappa shape index (κ2) is 5.34. The zero-order chi connectivity index (χ0) is 14.9. The van der Waals surface area contributed by atoms with Crippen LogP contribution in [0.15, 0.2) is 54.7 Å². The maximum atomic E-state index is 5.32. The van der Waals surface area contributed by atoms with E-state index in [-0.39, 0.29) is 0 Å². The predicted molar refractivity (Wildman–Crippen MR) is 90.0 cm³/mol. The number of anilines is 2. The molecule has 3 nitrogen and oxygen atoms in total. The Morgan fingerprint density at radius 2 is 1.86 bits per heavy atom. The van der Waals surface area contributed by atoms with Gasteiger partial charge in [-0.1, -0.05) is 12.1 Å². The van der Waals surface area contributed by atoms with Crippen LogP contribution >= 0.6 is 0 Å². The molecule has 22 heavy (non-hydrogen) atoms. The molecule has 1 N–H and O–H groups in total. The third-order valence-electron chi connectivity index (χ3n) is 4.19. The Bertz CT molecular complexity index is 807. The van der Waals surface area contributed by atoms with Gasteiger partial charge in [-0.05, 0) is 60.7 Å². The number of hydrogen-bond donors (Lipinski definition) is 1. The minimum Gasteiger partial charge on any atom is -0.497 e. The smallest absolute Gasteiger partial charge is 0.119 e. The van der Waals surface area contributed by atoms with Gasteiger partial charge in [-0.3, -0.25) is 4.98 Å². The number of nitrogens with one attached hydrogen (secondary N) is 1. The molecule has 3 aromatic rings. The Hall–Kier alpha value is -2.55. The minimum atomic E-state index is 0.792. The van der Waals surface area contributed by atoms with Gasteiger partial charge in [0.05, 0.1) is 12.6 Å². The number of aromatic nitrogens is 1. The van der Waals surface area contributed by atoms with E-state index in [1.165, 1.54) is 18.4 Å². The number of pyridine rings is 1. The van der Waals surface area contributed by atoms with Crippen molar-refractivity contribution < 1.29 is 4.74 Å². The Labute approximate surface area is 130 Å². The van der Waals surface area contributed by atoms with Crippen LogP contribution in [0.2, 0.25) is 0 Å². The summed E-state index contributed by atoms with van der Waals surface area (Å²) in [5.41, 5.74) is 4.55. The van der Waals surface area contributed by atoms with Gasteiger partial charge in [0.15, 0.2) is 0 Å². The molecular weight excluding hydrogens is 272 g/mol. The maximum Gasteiger partial charge on any atom is 0.119 e. The molecule has 1 aliphatic rings. The lowest BCUT2D eigenvalue weighted by molar-refractivity contribution is 0.415. The highest BCUT2D eigenvalue weighted by Gasteiger charge is 2.22. The Morgan fingerprint density at radius 3 is 2.59 bits per heavy atom. The van der Waals surface area contributed by atoms with Crippen LogP contribution in [0.4, 0.5) is 11.4 Å². The van der Waals surface area contributed by atoms with E-state index < -0.39 is 0 Å². The number of benzene rings is 2. The quantitative estimate of drug-likeness (QED) is 0.744. The van der Waals surface area contributed by atoms with Crippen LogP contribution in [-0.2, 0) is 0 Å². The number of methoxy groups -OCH3 is 1. The summed E-state index contributed by atoms with van der Waals surface area (Å²) in [4.78, 5) is 4.41. The van der Waals surface area contributed by atoms with Gasteiger partial charge < -0.3 is 10.1 Å². The summed E-state index contributed by atoms with van der Waals surface area (Å²) in [6.07, 6.45) is 4.50. The fraction of sp³-hybridized carbons (Fsp3) is 0.211. The van der Waals surface area contributed by atoms with E-state index in [1.54, 1.807) is 7.11 Å². The van der Waals surface area contributed by atoms with Crippen LogP contribution in [0.5, 0.6) is 5.75 Å². The van der Waals surface area contributed by atoms with Crippen LogP contribution in [0, 0.1) is 0 Å². The van der Waals surface area contributed by atoms with Crippen molar-refractivity contribution in [3.8, 4) is 5.75 Å². The number of rotatable bonds is 4. The van der Waals surface area contributed by atoms with Gasteiger partial charge >= 0.3 is 0 Å². The van der Waals surface area contributed by atoms with E-state index >= 15 is 0 Å². The molecule has 1 heterocycles. The molecule has 2 aromatic carbocycles. The van der Waals surface area contributed by atoms with Gasteiger partial charge in [0.2, 0.25) is 0 Å². The fourth-order valence-electron chi connectivity index (χ4n) is 2.77. The topological polar surface area (TPSA) is 34.1 Å². The molecular formula is C19H18N2O. The van der Waals surface area contributed by atoms with Gasteiger partial charge in [-0.25, -0.2) is 0 Å². The average molecular weight is 290 g/mol. The SMILES string of the molecule is COc1ccc2nccc(Nc3ccc(C4CC4)cc3)c2c1.